The van der Waals surface area contributed by atoms with Crippen molar-refractivity contribution < 1.29 is 14.3 Å². The van der Waals surface area contributed by atoms with Crippen molar-refractivity contribution in [1.29, 1.82) is 0 Å². The zero-order valence-corrected chi connectivity index (χ0v) is 18.2. The number of anilines is 2. The van der Waals surface area contributed by atoms with Crippen LogP contribution in [0.25, 0.3) is 0 Å². The topological polar surface area (TPSA) is 70.7 Å². The van der Waals surface area contributed by atoms with Crippen LogP contribution in [0.15, 0.2) is 48.5 Å². The molecule has 0 aliphatic rings. The van der Waals surface area contributed by atoms with Gasteiger partial charge in [0.05, 0.1) is 13.2 Å². The molecule has 2 aromatic carbocycles. The van der Waals surface area contributed by atoms with Crippen LogP contribution in [0, 0.1) is 0 Å². The van der Waals surface area contributed by atoms with Crippen LogP contribution in [0.2, 0.25) is 0 Å². The molecule has 0 heterocycles. The summed E-state index contributed by atoms with van der Waals surface area (Å²) in [6, 6.07) is 14.5. The second-order valence-corrected chi connectivity index (χ2v) is 7.47. The summed E-state index contributed by atoms with van der Waals surface area (Å²) in [6.45, 7) is 3.05. The van der Waals surface area contributed by atoms with Crippen LogP contribution in [-0.4, -0.2) is 44.0 Å². The lowest BCUT2D eigenvalue weighted by Crippen LogP contribution is -2.23. The van der Waals surface area contributed by atoms with E-state index in [4.69, 9.17) is 4.74 Å². The smallest absolute Gasteiger partial charge is 0.253 e. The van der Waals surface area contributed by atoms with Crippen molar-refractivity contribution in [3.8, 4) is 5.75 Å². The van der Waals surface area contributed by atoms with Gasteiger partial charge in [-0.3, -0.25) is 9.59 Å². The van der Waals surface area contributed by atoms with E-state index in [1.807, 2.05) is 24.3 Å². The molecule has 6 nitrogen and oxygen atoms in total. The number of unbranched alkanes of at least 4 members (excludes halogenated alkanes) is 4. The van der Waals surface area contributed by atoms with Gasteiger partial charge in [-0.1, -0.05) is 38.7 Å². The van der Waals surface area contributed by atoms with Gasteiger partial charge in [0.15, 0.2) is 0 Å². The van der Waals surface area contributed by atoms with E-state index in [-0.39, 0.29) is 18.4 Å². The summed E-state index contributed by atoms with van der Waals surface area (Å²) < 4.78 is 5.81. The number of nitrogens with one attached hydrogen (secondary N) is 2. The fourth-order valence-electron chi connectivity index (χ4n) is 2.93. The number of rotatable bonds is 12. The number of hydrogen-bond acceptors (Lipinski definition) is 4. The maximum Gasteiger partial charge on any atom is 0.253 e. The molecule has 0 spiro atoms. The molecule has 30 heavy (non-hydrogen) atoms. The highest BCUT2D eigenvalue weighted by Crippen LogP contribution is 2.18. The van der Waals surface area contributed by atoms with Crippen molar-refractivity contribution in [1.82, 2.24) is 4.90 Å². The standard InChI is InChI=1S/C24H33N3O3/c1-4-5-6-7-8-16-30-22-11-9-10-21(17-22)25-18-23(28)26-20-14-12-19(13-15-20)24(29)27(2)3/h9-15,17,25H,4-8,16,18H2,1-3H3,(H,26,28). The third-order valence-electron chi connectivity index (χ3n) is 4.63. The van der Waals surface area contributed by atoms with Gasteiger partial charge in [0, 0.05) is 37.1 Å². The van der Waals surface area contributed by atoms with Crippen molar-refractivity contribution in [2.45, 2.75) is 39.0 Å². The third-order valence-corrected chi connectivity index (χ3v) is 4.63. The minimum Gasteiger partial charge on any atom is -0.494 e. The Balaban J connectivity index is 1.76. The highest BCUT2D eigenvalue weighted by atomic mass is 16.5. The molecule has 0 bridgehead atoms. The maximum absolute atomic E-state index is 12.2. The summed E-state index contributed by atoms with van der Waals surface area (Å²) in [5, 5.41) is 5.94. The van der Waals surface area contributed by atoms with Crippen molar-refractivity contribution in [3.05, 3.63) is 54.1 Å². The van der Waals surface area contributed by atoms with Gasteiger partial charge in [0.2, 0.25) is 5.91 Å². The van der Waals surface area contributed by atoms with Crippen LogP contribution in [-0.2, 0) is 4.79 Å². The van der Waals surface area contributed by atoms with E-state index in [9.17, 15) is 9.59 Å². The van der Waals surface area contributed by atoms with E-state index >= 15 is 0 Å². The Labute approximate surface area is 179 Å². The molecular formula is C24H33N3O3. The number of hydrogen-bond donors (Lipinski definition) is 2. The molecule has 6 heteroatoms. The van der Waals surface area contributed by atoms with Gasteiger partial charge < -0.3 is 20.3 Å². The van der Waals surface area contributed by atoms with Crippen LogP contribution in [0.4, 0.5) is 11.4 Å². The molecule has 2 rings (SSSR count). The molecule has 0 aliphatic heterocycles. The quantitative estimate of drug-likeness (QED) is 0.493. The molecule has 0 aromatic heterocycles. The number of carbonyl (C=O) groups is 2. The first-order valence-electron chi connectivity index (χ1n) is 10.6. The maximum atomic E-state index is 12.2. The lowest BCUT2D eigenvalue weighted by Gasteiger charge is -2.12. The highest BCUT2D eigenvalue weighted by Gasteiger charge is 2.08. The van der Waals surface area contributed by atoms with Gasteiger partial charge in [-0.05, 0) is 42.8 Å². The molecule has 0 radical (unpaired) electrons. The van der Waals surface area contributed by atoms with Crippen LogP contribution in [0.3, 0.4) is 0 Å². The van der Waals surface area contributed by atoms with Crippen molar-refractivity contribution >= 4 is 23.2 Å². The second kappa shape index (κ2) is 12.5. The third kappa shape index (κ3) is 8.15. The molecule has 0 saturated carbocycles. The fourth-order valence-corrected chi connectivity index (χ4v) is 2.93. The second-order valence-electron chi connectivity index (χ2n) is 7.47. The average molecular weight is 412 g/mol. The lowest BCUT2D eigenvalue weighted by molar-refractivity contribution is -0.114. The van der Waals surface area contributed by atoms with Gasteiger partial charge in [-0.15, -0.1) is 0 Å². The number of nitrogens with zero attached hydrogens (tertiary/aromatic N) is 1. The molecule has 0 fully saturated rings. The first-order valence-corrected chi connectivity index (χ1v) is 10.6. The zero-order valence-electron chi connectivity index (χ0n) is 18.2. The summed E-state index contributed by atoms with van der Waals surface area (Å²) in [7, 11) is 3.41. The number of carbonyl (C=O) groups excluding carboxylic acids is 2. The van der Waals surface area contributed by atoms with Crippen molar-refractivity contribution in [2.24, 2.45) is 0 Å². The Bertz CT molecular complexity index is 804. The normalized spacial score (nSPS) is 10.4. The summed E-state index contributed by atoms with van der Waals surface area (Å²) in [6.07, 6.45) is 6.02. The fraction of sp³-hybridized carbons (Fsp3) is 0.417. The molecule has 0 aliphatic carbocycles. The van der Waals surface area contributed by atoms with Gasteiger partial charge >= 0.3 is 0 Å². The highest BCUT2D eigenvalue weighted by molar-refractivity contribution is 5.96. The number of benzene rings is 2. The van der Waals surface area contributed by atoms with E-state index in [0.29, 0.717) is 17.9 Å². The van der Waals surface area contributed by atoms with E-state index in [0.717, 1.165) is 17.9 Å². The predicted molar refractivity (Wildman–Crippen MR) is 122 cm³/mol. The summed E-state index contributed by atoms with van der Waals surface area (Å²) in [5.41, 5.74) is 2.07. The zero-order chi connectivity index (χ0) is 21.8. The SMILES string of the molecule is CCCCCCCOc1cccc(NCC(=O)Nc2ccc(C(=O)N(C)C)cc2)c1. The molecule has 0 unspecified atom stereocenters. The molecule has 0 saturated heterocycles. The van der Waals surface area contributed by atoms with Crippen molar-refractivity contribution in [2.75, 3.05) is 37.9 Å². The molecule has 0 atom stereocenters. The van der Waals surface area contributed by atoms with Crippen molar-refractivity contribution in [3.63, 3.8) is 0 Å². The van der Waals surface area contributed by atoms with E-state index < -0.39 is 0 Å². The first kappa shape index (κ1) is 23.3. The minimum atomic E-state index is -0.163. The first-order chi connectivity index (χ1) is 14.5. The molecule has 162 valence electrons. The van der Waals surface area contributed by atoms with E-state index in [1.54, 1.807) is 38.4 Å². The molecule has 2 amide bonds. The van der Waals surface area contributed by atoms with Gasteiger partial charge in [-0.2, -0.15) is 0 Å². The summed E-state index contributed by atoms with van der Waals surface area (Å²) in [5.74, 6) is 0.568. The summed E-state index contributed by atoms with van der Waals surface area (Å²) in [4.78, 5) is 25.6. The number of ether oxygens (including phenoxy) is 1. The van der Waals surface area contributed by atoms with Gasteiger partial charge in [0.25, 0.3) is 5.91 Å². The summed E-state index contributed by atoms with van der Waals surface area (Å²) >= 11 is 0. The largest absolute Gasteiger partial charge is 0.494 e. The molecule has 2 N–H and O–H groups in total. The Morgan fingerprint density at radius 3 is 2.37 bits per heavy atom. The minimum absolute atomic E-state index is 0.0717. The van der Waals surface area contributed by atoms with E-state index in [1.165, 1.54) is 30.6 Å². The monoisotopic (exact) mass is 411 g/mol. The van der Waals surface area contributed by atoms with Crippen LogP contribution in [0.5, 0.6) is 5.75 Å². The van der Waals surface area contributed by atoms with Crippen LogP contribution in [0.1, 0.15) is 49.4 Å². The average Bonchev–Trinajstić information content (AvgIpc) is 2.75. The van der Waals surface area contributed by atoms with Gasteiger partial charge in [0.1, 0.15) is 5.75 Å². The van der Waals surface area contributed by atoms with Gasteiger partial charge in [-0.25, -0.2) is 0 Å². The van der Waals surface area contributed by atoms with Crippen LogP contribution >= 0.6 is 0 Å². The number of amides is 2. The lowest BCUT2D eigenvalue weighted by atomic mass is 10.2. The molecular weight excluding hydrogens is 378 g/mol. The Kier molecular flexibility index (Phi) is 9.71. The van der Waals surface area contributed by atoms with Crippen LogP contribution < -0.4 is 15.4 Å². The van der Waals surface area contributed by atoms with E-state index in [2.05, 4.69) is 17.6 Å². The predicted octanol–water partition coefficient (Wildman–Crippen LogP) is 4.79. The Morgan fingerprint density at radius 2 is 1.67 bits per heavy atom. The Hall–Kier alpha value is -3.02. The Morgan fingerprint density at radius 1 is 0.933 bits per heavy atom. The molecule has 2 aromatic rings.